The van der Waals surface area contributed by atoms with Crippen LogP contribution in [0.3, 0.4) is 0 Å². The summed E-state index contributed by atoms with van der Waals surface area (Å²) < 4.78 is 0.486. The molecule has 2 aliphatic heterocycles. The molecule has 0 radical (unpaired) electrons. The van der Waals surface area contributed by atoms with Crippen LogP contribution in [0.4, 0.5) is 5.69 Å². The first-order chi connectivity index (χ1) is 16.0. The zero-order valence-electron chi connectivity index (χ0n) is 17.5. The predicted octanol–water partition coefficient (Wildman–Crippen LogP) is 5.70. The van der Waals surface area contributed by atoms with Crippen molar-refractivity contribution < 1.29 is 9.59 Å². The Morgan fingerprint density at radius 1 is 0.788 bits per heavy atom. The lowest BCUT2D eigenvalue weighted by atomic mass is 10.1. The normalized spacial score (nSPS) is 17.8. The maximum absolute atomic E-state index is 13.6. The van der Waals surface area contributed by atoms with E-state index in [1.807, 2.05) is 78.9 Å². The van der Waals surface area contributed by atoms with Crippen LogP contribution >= 0.6 is 35.6 Å². The van der Waals surface area contributed by atoms with E-state index >= 15 is 0 Å². The Morgan fingerprint density at radius 3 is 2.24 bits per heavy atom. The van der Waals surface area contributed by atoms with Gasteiger partial charge in [-0.05, 0) is 35.7 Å². The molecule has 2 heterocycles. The Labute approximate surface area is 206 Å². The van der Waals surface area contributed by atoms with E-state index in [2.05, 4.69) is 0 Å². The van der Waals surface area contributed by atoms with Gasteiger partial charge in [0.25, 0.3) is 11.8 Å². The quantitative estimate of drug-likeness (QED) is 0.340. The van der Waals surface area contributed by atoms with E-state index in [4.69, 9.17) is 23.8 Å². The molecule has 7 heteroatoms. The number of thioether (sulfide) groups is 1. The largest absolute Gasteiger partial charge is 0.303 e. The van der Waals surface area contributed by atoms with Crippen molar-refractivity contribution in [2.75, 3.05) is 11.4 Å². The van der Waals surface area contributed by atoms with Gasteiger partial charge in [0.05, 0.1) is 22.7 Å². The first-order valence-corrected chi connectivity index (χ1v) is 12.1. The van der Waals surface area contributed by atoms with Crippen LogP contribution in [0.25, 0.3) is 5.57 Å². The van der Waals surface area contributed by atoms with Gasteiger partial charge < -0.3 is 4.90 Å². The Morgan fingerprint density at radius 2 is 1.48 bits per heavy atom. The number of carbonyl (C=O) groups is 2. The van der Waals surface area contributed by atoms with Gasteiger partial charge in [0.1, 0.15) is 4.32 Å². The number of thiocarbonyl (C=S) groups is 1. The second-order valence-electron chi connectivity index (χ2n) is 7.80. The minimum Gasteiger partial charge on any atom is -0.303 e. The molecule has 0 unspecified atom stereocenters. The van der Waals surface area contributed by atoms with E-state index in [0.29, 0.717) is 39.3 Å². The van der Waals surface area contributed by atoms with E-state index in [1.165, 1.54) is 11.8 Å². The molecule has 1 fully saturated rings. The van der Waals surface area contributed by atoms with Gasteiger partial charge in [-0.15, -0.1) is 0 Å². The van der Waals surface area contributed by atoms with Crippen molar-refractivity contribution in [3.63, 3.8) is 0 Å². The molecule has 0 atom stereocenters. The number of hydrogen-bond acceptors (Lipinski definition) is 4. The third kappa shape index (κ3) is 4.22. The van der Waals surface area contributed by atoms with Gasteiger partial charge in [0.2, 0.25) is 0 Å². The number of carbonyl (C=O) groups excluding carboxylic acids is 2. The highest BCUT2D eigenvalue weighted by Crippen LogP contribution is 2.45. The zero-order valence-corrected chi connectivity index (χ0v) is 19.9. The number of rotatable bonds is 5. The molecule has 5 rings (SSSR count). The van der Waals surface area contributed by atoms with Crippen LogP contribution < -0.4 is 4.90 Å². The molecule has 0 aliphatic carbocycles. The highest BCUT2D eigenvalue weighted by atomic mass is 35.5. The lowest BCUT2D eigenvalue weighted by Gasteiger charge is -2.17. The summed E-state index contributed by atoms with van der Waals surface area (Å²) in [4.78, 5) is 30.7. The summed E-state index contributed by atoms with van der Waals surface area (Å²) in [6.45, 7) is 0.876. The van der Waals surface area contributed by atoms with E-state index in [9.17, 15) is 9.59 Å². The Kier molecular flexibility index (Phi) is 6.06. The summed E-state index contributed by atoms with van der Waals surface area (Å²) >= 11 is 12.8. The van der Waals surface area contributed by atoms with Gasteiger partial charge in [-0.25, -0.2) is 0 Å². The van der Waals surface area contributed by atoms with Crippen LogP contribution in [-0.4, -0.2) is 27.6 Å². The van der Waals surface area contributed by atoms with E-state index < -0.39 is 0 Å². The van der Waals surface area contributed by atoms with E-state index in [0.717, 1.165) is 22.4 Å². The Balaban J connectivity index is 1.45. The van der Waals surface area contributed by atoms with Crippen molar-refractivity contribution in [1.29, 1.82) is 0 Å². The molecule has 0 saturated carbocycles. The number of fused-ring (bicyclic) bond motifs is 1. The minimum atomic E-state index is -0.201. The highest BCUT2D eigenvalue weighted by Gasteiger charge is 2.41. The predicted molar refractivity (Wildman–Crippen MR) is 138 cm³/mol. The van der Waals surface area contributed by atoms with Crippen LogP contribution in [0, 0.1) is 0 Å². The van der Waals surface area contributed by atoms with Crippen LogP contribution in [-0.2, 0) is 22.6 Å². The third-order valence-electron chi connectivity index (χ3n) is 5.72. The number of halogens is 1. The molecular formula is C26H19ClN2O2S2. The van der Waals surface area contributed by atoms with Gasteiger partial charge in [-0.2, -0.15) is 0 Å². The molecule has 164 valence electrons. The number of para-hydroxylation sites is 1. The molecule has 0 aromatic heterocycles. The van der Waals surface area contributed by atoms with Crippen LogP contribution in [0.2, 0.25) is 5.02 Å². The molecule has 33 heavy (non-hydrogen) atoms. The molecule has 0 bridgehead atoms. The topological polar surface area (TPSA) is 40.6 Å². The van der Waals surface area contributed by atoms with Crippen LogP contribution in [0.1, 0.15) is 16.7 Å². The lowest BCUT2D eigenvalue weighted by Crippen LogP contribution is -2.31. The maximum Gasteiger partial charge on any atom is 0.267 e. The standard InChI is InChI=1S/C26H19ClN2O2S2/c27-19-12-10-18(11-13-19)16-29-21-9-5-4-8-20(21)22(24(29)30)23-25(31)28(26(32)33-23)15-14-17-6-2-1-3-7-17/h1-13H,14-16H2. The highest BCUT2D eigenvalue weighted by molar-refractivity contribution is 8.26. The SMILES string of the molecule is O=C1C(=C2C(=O)N(Cc3ccc(Cl)cc3)c3ccccc32)SC(=S)N1CCc1ccccc1. The third-order valence-corrected chi connectivity index (χ3v) is 7.42. The first-order valence-electron chi connectivity index (χ1n) is 10.5. The number of amides is 2. The molecule has 1 saturated heterocycles. The molecule has 3 aromatic carbocycles. The molecule has 3 aromatic rings. The molecule has 4 nitrogen and oxygen atoms in total. The smallest absolute Gasteiger partial charge is 0.267 e. The van der Waals surface area contributed by atoms with Crippen LogP contribution in [0.5, 0.6) is 0 Å². The fourth-order valence-electron chi connectivity index (χ4n) is 4.06. The van der Waals surface area contributed by atoms with Crippen molar-refractivity contribution in [2.45, 2.75) is 13.0 Å². The summed E-state index contributed by atoms with van der Waals surface area (Å²) in [5, 5.41) is 0.645. The molecule has 2 amide bonds. The van der Waals surface area contributed by atoms with Crippen molar-refractivity contribution in [3.05, 3.63) is 105 Å². The summed E-state index contributed by atoms with van der Waals surface area (Å²) in [5.41, 5.74) is 4.08. The van der Waals surface area contributed by atoms with Gasteiger partial charge in [-0.3, -0.25) is 14.5 Å². The van der Waals surface area contributed by atoms with Crippen LogP contribution in [0.15, 0.2) is 83.8 Å². The molecule has 0 N–H and O–H groups in total. The van der Waals surface area contributed by atoms with Crippen molar-refractivity contribution in [1.82, 2.24) is 4.90 Å². The van der Waals surface area contributed by atoms with Crippen molar-refractivity contribution in [3.8, 4) is 0 Å². The van der Waals surface area contributed by atoms with Crippen molar-refractivity contribution >= 4 is 63.0 Å². The Bertz CT molecular complexity index is 1290. The van der Waals surface area contributed by atoms with E-state index in [-0.39, 0.29) is 11.8 Å². The average molecular weight is 491 g/mol. The first kappa shape index (κ1) is 21.9. The number of hydrogen-bond donors (Lipinski definition) is 0. The van der Waals surface area contributed by atoms with Gasteiger partial charge >= 0.3 is 0 Å². The monoisotopic (exact) mass is 490 g/mol. The fraction of sp³-hybridized carbons (Fsp3) is 0.115. The average Bonchev–Trinajstić information content (AvgIpc) is 3.26. The molecule has 0 spiro atoms. The number of anilines is 1. The fourth-order valence-corrected chi connectivity index (χ4v) is 5.56. The summed E-state index contributed by atoms with van der Waals surface area (Å²) in [6.07, 6.45) is 0.698. The number of nitrogens with zero attached hydrogens (tertiary/aromatic N) is 2. The second-order valence-corrected chi connectivity index (χ2v) is 9.88. The maximum atomic E-state index is 13.6. The number of benzene rings is 3. The Hall–Kier alpha value is -2.93. The van der Waals surface area contributed by atoms with Gasteiger partial charge in [0.15, 0.2) is 0 Å². The summed E-state index contributed by atoms with van der Waals surface area (Å²) in [6, 6.07) is 25.0. The molecule has 2 aliphatic rings. The zero-order chi connectivity index (χ0) is 22.9. The molecular weight excluding hydrogens is 472 g/mol. The minimum absolute atomic E-state index is 0.185. The lowest BCUT2D eigenvalue weighted by molar-refractivity contribution is -0.122. The van der Waals surface area contributed by atoms with Crippen molar-refractivity contribution in [2.24, 2.45) is 0 Å². The summed E-state index contributed by atoms with van der Waals surface area (Å²) in [7, 11) is 0. The van der Waals surface area contributed by atoms with Gasteiger partial charge in [0, 0.05) is 17.1 Å². The van der Waals surface area contributed by atoms with Gasteiger partial charge in [-0.1, -0.05) is 96.2 Å². The second kappa shape index (κ2) is 9.14. The summed E-state index contributed by atoms with van der Waals surface area (Å²) in [5.74, 6) is -0.387. The van der Waals surface area contributed by atoms with E-state index in [1.54, 1.807) is 9.80 Å².